The lowest BCUT2D eigenvalue weighted by Crippen LogP contribution is -2.51. The first-order valence-corrected chi connectivity index (χ1v) is 5.89. The molecule has 0 rings (SSSR count). The molecule has 21 heavy (non-hydrogen) atoms. The standard InChI is InChI=1S/C11H15F5O5/c1-3-7(2)8(17)19-4-5-20-9(18)10(13,21-6-12)11(14,15)16/h7H,3-6H2,1-2H3. The van der Waals surface area contributed by atoms with Gasteiger partial charge < -0.3 is 9.47 Å². The molecule has 0 aliphatic rings. The molecule has 2 atom stereocenters. The van der Waals surface area contributed by atoms with Crippen molar-refractivity contribution in [2.75, 3.05) is 20.1 Å². The zero-order valence-corrected chi connectivity index (χ0v) is 11.3. The van der Waals surface area contributed by atoms with E-state index in [0.717, 1.165) is 0 Å². The summed E-state index contributed by atoms with van der Waals surface area (Å²) in [5, 5.41) is 0. The Morgan fingerprint density at radius 2 is 1.62 bits per heavy atom. The Morgan fingerprint density at radius 3 is 2.05 bits per heavy atom. The van der Waals surface area contributed by atoms with E-state index in [-0.39, 0.29) is 0 Å². The maximum absolute atomic E-state index is 13.3. The van der Waals surface area contributed by atoms with Crippen molar-refractivity contribution in [3.8, 4) is 0 Å². The summed E-state index contributed by atoms with van der Waals surface area (Å²) in [6, 6.07) is 0. The molecule has 0 fully saturated rings. The van der Waals surface area contributed by atoms with Gasteiger partial charge in [0.05, 0.1) is 5.92 Å². The largest absolute Gasteiger partial charge is 0.462 e. The SMILES string of the molecule is CCC(C)C(=O)OCCOC(=O)C(F)(OCF)C(F)(F)F. The van der Waals surface area contributed by atoms with E-state index in [2.05, 4.69) is 14.2 Å². The molecule has 0 heterocycles. The first-order valence-electron chi connectivity index (χ1n) is 5.89. The average molecular weight is 322 g/mol. The molecule has 0 radical (unpaired) electrons. The molecule has 2 unspecified atom stereocenters. The van der Waals surface area contributed by atoms with Crippen LogP contribution in [0.1, 0.15) is 20.3 Å². The van der Waals surface area contributed by atoms with Crippen LogP contribution in [-0.4, -0.2) is 44.0 Å². The highest BCUT2D eigenvalue weighted by Crippen LogP contribution is 2.36. The lowest BCUT2D eigenvalue weighted by atomic mass is 10.1. The molecule has 0 aromatic carbocycles. The second-order valence-electron chi connectivity index (χ2n) is 3.96. The molecular formula is C11H15F5O5. The van der Waals surface area contributed by atoms with E-state index < -0.39 is 50.0 Å². The maximum Gasteiger partial charge on any atom is 0.460 e. The third-order valence-corrected chi connectivity index (χ3v) is 2.46. The second kappa shape index (κ2) is 8.11. The molecule has 0 N–H and O–H groups in total. The van der Waals surface area contributed by atoms with Crippen LogP contribution in [0.3, 0.4) is 0 Å². The second-order valence-corrected chi connectivity index (χ2v) is 3.96. The fourth-order valence-electron chi connectivity index (χ4n) is 1.01. The molecule has 0 aromatic rings. The fourth-order valence-corrected chi connectivity index (χ4v) is 1.01. The number of alkyl halides is 5. The van der Waals surface area contributed by atoms with Gasteiger partial charge in [-0.25, -0.2) is 9.18 Å². The van der Waals surface area contributed by atoms with Gasteiger partial charge in [-0.3, -0.25) is 9.53 Å². The molecule has 10 heteroatoms. The van der Waals surface area contributed by atoms with E-state index in [4.69, 9.17) is 0 Å². The van der Waals surface area contributed by atoms with Crippen molar-refractivity contribution in [2.24, 2.45) is 5.92 Å². The van der Waals surface area contributed by atoms with Crippen LogP contribution in [0.2, 0.25) is 0 Å². The van der Waals surface area contributed by atoms with Gasteiger partial charge in [0.1, 0.15) is 13.2 Å². The summed E-state index contributed by atoms with van der Waals surface area (Å²) in [4.78, 5) is 22.2. The highest BCUT2D eigenvalue weighted by Gasteiger charge is 2.65. The molecular weight excluding hydrogens is 307 g/mol. The number of carbonyl (C=O) groups excluding carboxylic acids is 2. The Hall–Kier alpha value is -1.45. The molecule has 0 amide bonds. The Bertz CT molecular complexity index is 359. The number of hydrogen-bond donors (Lipinski definition) is 0. The predicted octanol–water partition coefficient (Wildman–Crippen LogP) is 2.29. The van der Waals surface area contributed by atoms with Crippen LogP contribution in [0.25, 0.3) is 0 Å². The van der Waals surface area contributed by atoms with Crippen LogP contribution in [0.4, 0.5) is 22.0 Å². The van der Waals surface area contributed by atoms with Crippen LogP contribution in [0.5, 0.6) is 0 Å². The third kappa shape index (κ3) is 5.44. The quantitative estimate of drug-likeness (QED) is 0.390. The van der Waals surface area contributed by atoms with Crippen molar-refractivity contribution in [3.63, 3.8) is 0 Å². The molecule has 0 aliphatic heterocycles. The Balaban J connectivity index is 4.38. The Labute approximate surface area is 117 Å². The van der Waals surface area contributed by atoms with E-state index in [1.54, 1.807) is 13.8 Å². The first kappa shape index (κ1) is 19.6. The van der Waals surface area contributed by atoms with Gasteiger partial charge in [-0.05, 0) is 6.42 Å². The number of rotatable bonds is 8. The number of halogens is 5. The minimum absolute atomic E-state index is 0.439. The van der Waals surface area contributed by atoms with E-state index in [1.165, 1.54) is 0 Å². The third-order valence-electron chi connectivity index (χ3n) is 2.46. The Morgan fingerprint density at radius 1 is 1.10 bits per heavy atom. The average Bonchev–Trinajstić information content (AvgIpc) is 2.40. The number of esters is 2. The van der Waals surface area contributed by atoms with Crippen LogP contribution in [-0.2, 0) is 23.8 Å². The van der Waals surface area contributed by atoms with Gasteiger partial charge in [-0.1, -0.05) is 13.8 Å². The lowest BCUT2D eigenvalue weighted by molar-refractivity contribution is -0.331. The predicted molar refractivity (Wildman–Crippen MR) is 58.3 cm³/mol. The van der Waals surface area contributed by atoms with E-state index in [1.807, 2.05) is 0 Å². The van der Waals surface area contributed by atoms with Gasteiger partial charge in [0.15, 0.2) is 6.86 Å². The normalized spacial score (nSPS) is 16.0. The molecule has 124 valence electrons. The van der Waals surface area contributed by atoms with Crippen LogP contribution in [0.15, 0.2) is 0 Å². The monoisotopic (exact) mass is 322 g/mol. The van der Waals surface area contributed by atoms with Crippen molar-refractivity contribution in [3.05, 3.63) is 0 Å². The van der Waals surface area contributed by atoms with Gasteiger partial charge in [0, 0.05) is 0 Å². The smallest absolute Gasteiger partial charge is 0.460 e. The molecule has 0 saturated heterocycles. The van der Waals surface area contributed by atoms with Crippen molar-refractivity contribution in [2.45, 2.75) is 32.3 Å². The lowest BCUT2D eigenvalue weighted by Gasteiger charge is -2.24. The summed E-state index contributed by atoms with van der Waals surface area (Å²) in [5.74, 6) is -8.45. The van der Waals surface area contributed by atoms with Crippen molar-refractivity contribution >= 4 is 11.9 Å². The highest BCUT2D eigenvalue weighted by atomic mass is 19.4. The van der Waals surface area contributed by atoms with Crippen LogP contribution >= 0.6 is 0 Å². The fraction of sp³-hybridized carbons (Fsp3) is 0.818. The van der Waals surface area contributed by atoms with E-state index in [0.29, 0.717) is 6.42 Å². The van der Waals surface area contributed by atoms with Gasteiger partial charge >= 0.3 is 24.0 Å². The summed E-state index contributed by atoms with van der Waals surface area (Å²) in [5.41, 5.74) is 0. The van der Waals surface area contributed by atoms with E-state index >= 15 is 0 Å². The highest BCUT2D eigenvalue weighted by molar-refractivity contribution is 5.78. The molecule has 0 bridgehead atoms. The number of hydrogen-bond acceptors (Lipinski definition) is 5. The topological polar surface area (TPSA) is 61.8 Å². The summed E-state index contributed by atoms with van der Waals surface area (Å²) in [6.07, 6.45) is -5.33. The van der Waals surface area contributed by atoms with Crippen LogP contribution < -0.4 is 0 Å². The van der Waals surface area contributed by atoms with Crippen molar-refractivity contribution < 1.29 is 45.8 Å². The molecule has 0 saturated carbocycles. The Kier molecular flexibility index (Phi) is 7.55. The van der Waals surface area contributed by atoms with Crippen molar-refractivity contribution in [1.82, 2.24) is 0 Å². The van der Waals surface area contributed by atoms with E-state index in [9.17, 15) is 31.5 Å². The van der Waals surface area contributed by atoms with Crippen LogP contribution in [0, 0.1) is 5.92 Å². The van der Waals surface area contributed by atoms with Gasteiger partial charge in [-0.2, -0.15) is 17.6 Å². The van der Waals surface area contributed by atoms with Gasteiger partial charge in [-0.15, -0.1) is 0 Å². The number of carbonyl (C=O) groups is 2. The van der Waals surface area contributed by atoms with Gasteiger partial charge in [0.25, 0.3) is 0 Å². The number of ether oxygens (including phenoxy) is 3. The van der Waals surface area contributed by atoms with Crippen molar-refractivity contribution in [1.29, 1.82) is 0 Å². The minimum atomic E-state index is -5.80. The molecule has 0 aliphatic carbocycles. The summed E-state index contributed by atoms with van der Waals surface area (Å²) >= 11 is 0. The molecule has 0 aromatic heterocycles. The van der Waals surface area contributed by atoms with Gasteiger partial charge in [0.2, 0.25) is 0 Å². The zero-order chi connectivity index (χ0) is 16.7. The summed E-state index contributed by atoms with van der Waals surface area (Å²) in [7, 11) is 0. The molecule has 0 spiro atoms. The molecule has 5 nitrogen and oxygen atoms in total. The summed E-state index contributed by atoms with van der Waals surface area (Å²) < 4.78 is 73.6. The minimum Gasteiger partial charge on any atom is -0.462 e. The first-order chi connectivity index (χ1) is 9.60. The maximum atomic E-state index is 13.3. The summed E-state index contributed by atoms with van der Waals surface area (Å²) in [6.45, 7) is -0.286. The zero-order valence-electron chi connectivity index (χ0n) is 11.3.